The van der Waals surface area contributed by atoms with E-state index in [-0.39, 0.29) is 30.9 Å². The van der Waals surface area contributed by atoms with Crippen LogP contribution in [0.5, 0.6) is 0 Å². The van der Waals surface area contributed by atoms with E-state index < -0.39 is 0 Å². The summed E-state index contributed by atoms with van der Waals surface area (Å²) in [5.74, 6) is -0.575. The zero-order chi connectivity index (χ0) is 20.6. The third-order valence-corrected chi connectivity index (χ3v) is 5.41. The lowest BCUT2D eigenvalue weighted by atomic mass is 9.97. The van der Waals surface area contributed by atoms with Crippen molar-refractivity contribution >= 4 is 29.1 Å². The largest absolute Gasteiger partial charge is 0.369 e. The number of hydrogen-bond acceptors (Lipinski definition) is 4. The van der Waals surface area contributed by atoms with Gasteiger partial charge in [0.1, 0.15) is 6.61 Å². The molecule has 0 saturated carbocycles. The minimum atomic E-state index is -0.244. The van der Waals surface area contributed by atoms with Crippen LogP contribution in [-0.2, 0) is 27.5 Å². The van der Waals surface area contributed by atoms with E-state index in [1.807, 2.05) is 42.5 Å². The molecule has 3 rings (SSSR count). The highest BCUT2D eigenvalue weighted by Gasteiger charge is 2.24. The van der Waals surface area contributed by atoms with Gasteiger partial charge < -0.3 is 15.8 Å². The van der Waals surface area contributed by atoms with E-state index in [4.69, 9.17) is 22.1 Å². The summed E-state index contributed by atoms with van der Waals surface area (Å²) in [7, 11) is 0. The maximum Gasteiger partial charge on any atom is 0.250 e. The van der Waals surface area contributed by atoms with Crippen LogP contribution in [0.3, 0.4) is 0 Å². The highest BCUT2D eigenvalue weighted by Crippen LogP contribution is 2.22. The first-order valence-corrected chi connectivity index (χ1v) is 10.1. The zero-order valence-corrected chi connectivity index (χ0v) is 17.0. The second-order valence-electron chi connectivity index (χ2n) is 7.27. The normalized spacial score (nSPS) is 17.1. The maximum absolute atomic E-state index is 12.3. The summed E-state index contributed by atoms with van der Waals surface area (Å²) < 4.78 is 5.51. The van der Waals surface area contributed by atoms with Gasteiger partial charge in [-0.15, -0.1) is 0 Å². The Hall–Kier alpha value is -2.41. The van der Waals surface area contributed by atoms with Crippen LogP contribution in [0.25, 0.3) is 0 Å². The van der Waals surface area contributed by atoms with Gasteiger partial charge in [0.2, 0.25) is 11.8 Å². The van der Waals surface area contributed by atoms with Crippen LogP contribution in [0.15, 0.2) is 48.5 Å². The smallest absolute Gasteiger partial charge is 0.250 e. The van der Waals surface area contributed by atoms with Gasteiger partial charge in [-0.05, 0) is 42.6 Å². The lowest BCUT2D eigenvalue weighted by Crippen LogP contribution is -2.40. The molecular formula is C22H26ClN3O3. The molecule has 6 nitrogen and oxygen atoms in total. The van der Waals surface area contributed by atoms with Crippen LogP contribution in [-0.4, -0.2) is 36.4 Å². The summed E-state index contributed by atoms with van der Waals surface area (Å²) in [5, 5.41) is 3.54. The Morgan fingerprint density at radius 1 is 1.14 bits per heavy atom. The lowest BCUT2D eigenvalue weighted by Gasteiger charge is -2.31. The Bertz CT molecular complexity index is 859. The number of rotatable bonds is 8. The molecule has 7 heteroatoms. The van der Waals surface area contributed by atoms with Crippen molar-refractivity contribution in [3.63, 3.8) is 0 Å². The molecule has 1 saturated heterocycles. The minimum Gasteiger partial charge on any atom is -0.369 e. The number of nitrogens with zero attached hydrogens (tertiary/aromatic N) is 1. The number of carbonyl (C=O) groups is 2. The first-order chi connectivity index (χ1) is 14.0. The lowest BCUT2D eigenvalue weighted by molar-refractivity contribution is -0.123. The predicted molar refractivity (Wildman–Crippen MR) is 113 cm³/mol. The minimum absolute atomic E-state index is 0.0625. The number of hydrogen-bond donors (Lipinski definition) is 2. The molecule has 0 radical (unpaired) electrons. The zero-order valence-electron chi connectivity index (χ0n) is 16.3. The highest BCUT2D eigenvalue weighted by molar-refractivity contribution is 6.31. The van der Waals surface area contributed by atoms with E-state index >= 15 is 0 Å². The van der Waals surface area contributed by atoms with Crippen molar-refractivity contribution < 1.29 is 14.3 Å². The van der Waals surface area contributed by atoms with Gasteiger partial charge in [0.05, 0.1) is 12.5 Å². The molecule has 1 atom stereocenters. The van der Waals surface area contributed by atoms with Gasteiger partial charge in [-0.1, -0.05) is 48.0 Å². The van der Waals surface area contributed by atoms with E-state index in [0.717, 1.165) is 36.2 Å². The van der Waals surface area contributed by atoms with Gasteiger partial charge in [-0.3, -0.25) is 14.5 Å². The number of anilines is 1. The first kappa shape index (κ1) is 21.3. The van der Waals surface area contributed by atoms with E-state index in [1.54, 1.807) is 6.07 Å². The molecule has 0 spiro atoms. The average molecular weight is 416 g/mol. The van der Waals surface area contributed by atoms with Crippen LogP contribution in [0.1, 0.15) is 24.0 Å². The van der Waals surface area contributed by atoms with Crippen molar-refractivity contribution in [1.29, 1.82) is 0 Å². The molecule has 0 bridgehead atoms. The number of ether oxygens (including phenoxy) is 1. The molecule has 2 aromatic carbocycles. The molecule has 154 valence electrons. The van der Waals surface area contributed by atoms with Crippen molar-refractivity contribution in [2.75, 3.05) is 25.0 Å². The molecule has 0 aromatic heterocycles. The number of nitrogens with two attached hydrogens (primary N) is 1. The molecule has 1 unspecified atom stereocenters. The number of benzene rings is 2. The monoisotopic (exact) mass is 415 g/mol. The summed E-state index contributed by atoms with van der Waals surface area (Å²) in [6.45, 7) is 2.43. The molecule has 1 aliphatic rings. The fourth-order valence-corrected chi connectivity index (χ4v) is 3.70. The van der Waals surface area contributed by atoms with Crippen LogP contribution < -0.4 is 11.1 Å². The van der Waals surface area contributed by atoms with Crippen molar-refractivity contribution in [2.45, 2.75) is 26.0 Å². The number of carbonyl (C=O) groups excluding carboxylic acids is 2. The second kappa shape index (κ2) is 10.4. The van der Waals surface area contributed by atoms with Crippen molar-refractivity contribution in [1.82, 2.24) is 4.90 Å². The summed E-state index contributed by atoms with van der Waals surface area (Å²) >= 11 is 6.10. The fraction of sp³-hybridized carbons (Fsp3) is 0.364. The predicted octanol–water partition coefficient (Wildman–Crippen LogP) is 3.19. The molecule has 2 aromatic rings. The van der Waals surface area contributed by atoms with E-state index in [1.165, 1.54) is 0 Å². The van der Waals surface area contributed by atoms with Crippen LogP contribution in [0.4, 0.5) is 5.69 Å². The first-order valence-electron chi connectivity index (χ1n) is 9.73. The van der Waals surface area contributed by atoms with Gasteiger partial charge in [-0.25, -0.2) is 0 Å². The van der Waals surface area contributed by atoms with E-state index in [0.29, 0.717) is 18.1 Å². The molecule has 29 heavy (non-hydrogen) atoms. The number of amides is 2. The number of para-hydroxylation sites is 1. The van der Waals surface area contributed by atoms with Crippen LogP contribution in [0.2, 0.25) is 5.02 Å². The Balaban J connectivity index is 1.54. The van der Waals surface area contributed by atoms with Gasteiger partial charge in [0.25, 0.3) is 0 Å². The number of primary amides is 1. The number of piperidine rings is 1. The standard InChI is InChI=1S/C22H26ClN3O3/c23-19-9-3-1-7-18(19)14-29-15-21(27)25-20-10-4-2-6-16(20)12-26-11-5-8-17(13-26)22(24)28/h1-4,6-7,9-10,17H,5,8,11-15H2,(H2,24,28)(H,25,27). The third kappa shape index (κ3) is 6.29. The van der Waals surface area contributed by atoms with Gasteiger partial charge in [0, 0.05) is 23.8 Å². The SMILES string of the molecule is NC(=O)C1CCCN(Cc2ccccc2NC(=O)COCc2ccccc2Cl)C1. The summed E-state index contributed by atoms with van der Waals surface area (Å²) in [5.41, 5.74) is 8.06. The number of halogens is 1. The van der Waals surface area contributed by atoms with Gasteiger partial charge >= 0.3 is 0 Å². The topological polar surface area (TPSA) is 84.7 Å². The number of likely N-dealkylation sites (tertiary alicyclic amines) is 1. The Morgan fingerprint density at radius 2 is 1.86 bits per heavy atom. The fourth-order valence-electron chi connectivity index (χ4n) is 3.51. The molecule has 3 N–H and O–H groups in total. The van der Waals surface area contributed by atoms with Crippen molar-refractivity contribution in [3.05, 3.63) is 64.7 Å². The van der Waals surface area contributed by atoms with E-state index in [2.05, 4.69) is 10.2 Å². The maximum atomic E-state index is 12.3. The summed E-state index contributed by atoms with van der Waals surface area (Å²) in [4.78, 5) is 26.0. The Morgan fingerprint density at radius 3 is 2.62 bits per heavy atom. The summed E-state index contributed by atoms with van der Waals surface area (Å²) in [6, 6.07) is 15.1. The highest BCUT2D eigenvalue weighted by atomic mass is 35.5. The van der Waals surface area contributed by atoms with Crippen LogP contribution in [0, 0.1) is 5.92 Å². The Labute approximate surface area is 176 Å². The third-order valence-electron chi connectivity index (χ3n) is 5.04. The molecule has 1 heterocycles. The number of nitrogens with one attached hydrogen (secondary N) is 1. The van der Waals surface area contributed by atoms with Crippen LogP contribution >= 0.6 is 11.6 Å². The Kier molecular flexibility index (Phi) is 7.63. The second-order valence-corrected chi connectivity index (χ2v) is 7.67. The van der Waals surface area contributed by atoms with Gasteiger partial charge in [0.15, 0.2) is 0 Å². The van der Waals surface area contributed by atoms with Crippen molar-refractivity contribution in [3.8, 4) is 0 Å². The average Bonchev–Trinajstić information content (AvgIpc) is 2.71. The molecule has 1 fully saturated rings. The molecule has 0 aliphatic carbocycles. The molecule has 1 aliphatic heterocycles. The van der Waals surface area contributed by atoms with E-state index in [9.17, 15) is 9.59 Å². The molecular weight excluding hydrogens is 390 g/mol. The van der Waals surface area contributed by atoms with Crippen molar-refractivity contribution in [2.24, 2.45) is 11.7 Å². The molecule has 2 amide bonds. The van der Waals surface area contributed by atoms with Gasteiger partial charge in [-0.2, -0.15) is 0 Å². The quantitative estimate of drug-likeness (QED) is 0.693. The summed E-state index contributed by atoms with van der Waals surface area (Å²) in [6.07, 6.45) is 1.78.